The molecule has 0 aromatic heterocycles. The van der Waals surface area contributed by atoms with Gasteiger partial charge >= 0.3 is 5.97 Å². The van der Waals surface area contributed by atoms with Gasteiger partial charge in [0, 0.05) is 0 Å². The van der Waals surface area contributed by atoms with Gasteiger partial charge in [0.1, 0.15) is 0 Å². The van der Waals surface area contributed by atoms with Gasteiger partial charge in [0.2, 0.25) is 0 Å². The molecule has 0 aliphatic carbocycles. The van der Waals surface area contributed by atoms with Crippen molar-refractivity contribution in [3.63, 3.8) is 0 Å². The normalized spacial score (nSPS) is 21.4. The molecule has 7 heavy (non-hydrogen) atoms. The van der Waals surface area contributed by atoms with E-state index in [0.717, 1.165) is 0 Å². The van der Waals surface area contributed by atoms with Crippen molar-refractivity contribution in [3.8, 4) is 0 Å². The number of carbonyl (C=O) groups excluding carboxylic acids is 1. The van der Waals surface area contributed by atoms with Crippen molar-refractivity contribution in [1.29, 1.82) is 0 Å². The number of hydrogen-bond acceptors (Lipinski definition) is 4. The Hall–Kier alpha value is -0.610. The summed E-state index contributed by atoms with van der Waals surface area (Å²) in [4.78, 5) is 18.1. The average Bonchev–Trinajstić information content (AvgIpc) is 1.69. The van der Waals surface area contributed by atoms with Gasteiger partial charge in [-0.1, -0.05) is 0 Å². The van der Waals surface area contributed by atoms with Gasteiger partial charge in [-0.3, -0.25) is 4.89 Å². The van der Waals surface area contributed by atoms with Gasteiger partial charge in [-0.15, -0.1) is 0 Å². The maximum atomic E-state index is 10.0. The summed E-state index contributed by atoms with van der Waals surface area (Å²) in [7, 11) is 0. The van der Waals surface area contributed by atoms with Crippen LogP contribution in [0.4, 0.5) is 0 Å². The number of rotatable bonds is 0. The highest BCUT2D eigenvalue weighted by Gasteiger charge is 2.09. The van der Waals surface area contributed by atoms with Crippen LogP contribution >= 0.6 is 0 Å². The van der Waals surface area contributed by atoms with Gasteiger partial charge in [0.15, 0.2) is 0 Å². The van der Waals surface area contributed by atoms with E-state index in [1.54, 1.807) is 0 Å². The molecule has 4 heteroatoms. The Balaban J connectivity index is 2.25. The Bertz CT molecular complexity index is 71.0. The largest absolute Gasteiger partial charge is 0.348 e. The molecule has 0 atom stereocenters. The molecule has 0 spiro atoms. The highest BCUT2D eigenvalue weighted by Crippen LogP contribution is 1.96. The summed E-state index contributed by atoms with van der Waals surface area (Å²) < 4.78 is 0. The molecule has 0 saturated carbocycles. The summed E-state index contributed by atoms with van der Waals surface area (Å²) in [6.45, 7) is 0.291. The second-order valence-electron chi connectivity index (χ2n) is 1.10. The second-order valence-corrected chi connectivity index (χ2v) is 1.10. The molecule has 1 aliphatic rings. The minimum absolute atomic E-state index is 0.278. The molecule has 1 heterocycles. The number of hydrogen-bond donors (Lipinski definition) is 0. The van der Waals surface area contributed by atoms with Crippen molar-refractivity contribution in [2.45, 2.75) is 6.42 Å². The molecule has 1 rings (SSSR count). The van der Waals surface area contributed by atoms with Crippen LogP contribution in [0.15, 0.2) is 0 Å². The third kappa shape index (κ3) is 1.13. The van der Waals surface area contributed by atoms with Crippen LogP contribution in [0.3, 0.4) is 0 Å². The van der Waals surface area contributed by atoms with Crippen LogP contribution in [-0.2, 0) is 19.6 Å². The van der Waals surface area contributed by atoms with Crippen LogP contribution in [0.5, 0.6) is 0 Å². The topological polar surface area (TPSA) is 44.8 Å². The van der Waals surface area contributed by atoms with Crippen LogP contribution in [0.1, 0.15) is 6.42 Å². The summed E-state index contributed by atoms with van der Waals surface area (Å²) in [5.74, 6) is -0.383. The van der Waals surface area contributed by atoms with E-state index in [9.17, 15) is 4.79 Å². The van der Waals surface area contributed by atoms with E-state index in [0.29, 0.717) is 6.61 Å². The van der Waals surface area contributed by atoms with Crippen LogP contribution in [0.25, 0.3) is 0 Å². The van der Waals surface area contributed by atoms with Gasteiger partial charge in [0.05, 0.1) is 13.0 Å². The van der Waals surface area contributed by atoms with Gasteiger partial charge < -0.3 is 0 Å². The molecular formula is C3H4O4. The third-order valence-electron chi connectivity index (χ3n) is 0.565. The van der Waals surface area contributed by atoms with Crippen LogP contribution < -0.4 is 0 Å². The zero-order valence-electron chi connectivity index (χ0n) is 3.55. The molecule has 40 valence electrons. The molecule has 1 saturated heterocycles. The standard InChI is InChI=1S/C3H4O4/c4-3-1-2-5-7-6-3/h1-2H2. The first kappa shape index (κ1) is 4.55. The summed E-state index contributed by atoms with van der Waals surface area (Å²) in [6, 6.07) is 0. The molecular weight excluding hydrogens is 100 g/mol. The van der Waals surface area contributed by atoms with E-state index >= 15 is 0 Å². The molecule has 1 fully saturated rings. The highest BCUT2D eigenvalue weighted by atomic mass is 17.5. The fourth-order valence-electron chi connectivity index (χ4n) is 0.263. The first-order valence-electron chi connectivity index (χ1n) is 1.88. The minimum Gasteiger partial charge on any atom is -0.269 e. The summed E-state index contributed by atoms with van der Waals surface area (Å²) in [5, 5.41) is 3.83. The lowest BCUT2D eigenvalue weighted by Crippen LogP contribution is -2.15. The molecule has 0 amide bonds. The van der Waals surface area contributed by atoms with Crippen LogP contribution in [0, 0.1) is 0 Å². The molecule has 0 radical (unpaired) electrons. The summed E-state index contributed by atoms with van der Waals surface area (Å²) in [5.41, 5.74) is 0. The van der Waals surface area contributed by atoms with E-state index in [1.165, 1.54) is 0 Å². The smallest absolute Gasteiger partial charge is 0.269 e. The predicted octanol–water partition coefficient (Wildman–Crippen LogP) is -0.204. The first-order chi connectivity index (χ1) is 3.39. The van der Waals surface area contributed by atoms with Crippen LogP contribution in [-0.4, -0.2) is 12.6 Å². The minimum atomic E-state index is -0.383. The third-order valence-corrected chi connectivity index (χ3v) is 0.565. The van der Waals surface area contributed by atoms with Crippen molar-refractivity contribution in [3.05, 3.63) is 0 Å². The Morgan fingerprint density at radius 2 is 2.43 bits per heavy atom. The Morgan fingerprint density at radius 3 is 2.71 bits per heavy atom. The lowest BCUT2D eigenvalue weighted by molar-refractivity contribution is -0.499. The Kier molecular flexibility index (Phi) is 1.24. The van der Waals surface area contributed by atoms with Crippen molar-refractivity contribution in [2.75, 3.05) is 6.61 Å². The zero-order valence-corrected chi connectivity index (χ0v) is 3.55. The number of carbonyl (C=O) groups is 1. The lowest BCUT2D eigenvalue weighted by atomic mass is 10.5. The van der Waals surface area contributed by atoms with Crippen LogP contribution in [0.2, 0.25) is 0 Å². The lowest BCUT2D eigenvalue weighted by Gasteiger charge is -2.05. The molecule has 1 aliphatic heterocycles. The van der Waals surface area contributed by atoms with Crippen molar-refractivity contribution >= 4 is 5.97 Å². The molecule has 0 aromatic carbocycles. The zero-order chi connectivity index (χ0) is 5.11. The summed E-state index contributed by atoms with van der Waals surface area (Å²) >= 11 is 0. The van der Waals surface area contributed by atoms with Gasteiger partial charge in [-0.05, 0) is 5.04 Å². The fourth-order valence-corrected chi connectivity index (χ4v) is 0.263. The SMILES string of the molecule is O=C1CCOOO1. The molecule has 0 bridgehead atoms. The van der Waals surface area contributed by atoms with E-state index < -0.39 is 0 Å². The van der Waals surface area contributed by atoms with E-state index in [2.05, 4.69) is 14.8 Å². The Labute approximate surface area is 39.8 Å². The van der Waals surface area contributed by atoms with E-state index in [-0.39, 0.29) is 12.4 Å². The average molecular weight is 104 g/mol. The highest BCUT2D eigenvalue weighted by molar-refractivity contribution is 5.68. The summed E-state index contributed by atoms with van der Waals surface area (Å²) in [6.07, 6.45) is 0.278. The predicted molar refractivity (Wildman–Crippen MR) is 17.7 cm³/mol. The van der Waals surface area contributed by atoms with Gasteiger partial charge in [-0.25, -0.2) is 4.79 Å². The van der Waals surface area contributed by atoms with Crippen molar-refractivity contribution in [1.82, 2.24) is 0 Å². The van der Waals surface area contributed by atoms with Gasteiger partial charge in [0.25, 0.3) is 0 Å². The maximum Gasteiger partial charge on any atom is 0.348 e. The molecule has 4 nitrogen and oxygen atoms in total. The molecule has 0 unspecified atom stereocenters. The van der Waals surface area contributed by atoms with E-state index in [4.69, 9.17) is 0 Å². The van der Waals surface area contributed by atoms with E-state index in [1.807, 2.05) is 0 Å². The first-order valence-corrected chi connectivity index (χ1v) is 1.88. The molecule has 0 aromatic rings. The quantitative estimate of drug-likeness (QED) is 0.399. The molecule has 0 N–H and O–H groups in total. The second kappa shape index (κ2) is 1.90. The fraction of sp³-hybridized carbons (Fsp3) is 0.667. The van der Waals surface area contributed by atoms with Crippen molar-refractivity contribution < 1.29 is 19.6 Å². The monoisotopic (exact) mass is 104 g/mol. The van der Waals surface area contributed by atoms with Gasteiger partial charge in [-0.2, -0.15) is 4.89 Å². The van der Waals surface area contributed by atoms with Crippen molar-refractivity contribution in [2.24, 2.45) is 0 Å². The maximum absolute atomic E-state index is 10.0. The Morgan fingerprint density at radius 1 is 1.57 bits per heavy atom.